The van der Waals surface area contributed by atoms with Gasteiger partial charge in [0.05, 0.1) is 12.2 Å². The van der Waals surface area contributed by atoms with Crippen molar-refractivity contribution in [1.82, 2.24) is 10.1 Å². The Hall–Kier alpha value is -0.830. The number of nitrogens with zero attached hydrogens (tertiary/aromatic N) is 2. The minimum absolute atomic E-state index is 0.740. The normalized spacial score (nSPS) is 23.2. The number of piperidine rings is 1. The van der Waals surface area contributed by atoms with Crippen molar-refractivity contribution in [3.63, 3.8) is 0 Å². The Kier molecular flexibility index (Phi) is 3.41. The van der Waals surface area contributed by atoms with Gasteiger partial charge in [-0.05, 0) is 32.7 Å². The average molecular weight is 208 g/mol. The van der Waals surface area contributed by atoms with Gasteiger partial charge in [-0.2, -0.15) is 0 Å². The van der Waals surface area contributed by atoms with Crippen LogP contribution in [0.1, 0.15) is 44.1 Å². The van der Waals surface area contributed by atoms with Gasteiger partial charge in [-0.3, -0.25) is 4.90 Å². The van der Waals surface area contributed by atoms with Crippen LogP contribution >= 0.6 is 0 Å². The Balaban J connectivity index is 1.97. The molecule has 0 saturated carbocycles. The van der Waals surface area contributed by atoms with Crippen molar-refractivity contribution in [2.24, 2.45) is 0 Å². The first-order chi connectivity index (χ1) is 7.29. The molecule has 1 aliphatic heterocycles. The Morgan fingerprint density at radius 1 is 1.53 bits per heavy atom. The Labute approximate surface area is 91.4 Å². The SMILES string of the molecule is CCC1CCCCN1Cc1cc(C)no1. The molecule has 1 fully saturated rings. The lowest BCUT2D eigenvalue weighted by Gasteiger charge is -2.34. The summed E-state index contributed by atoms with van der Waals surface area (Å²) in [5, 5.41) is 3.93. The number of hydrogen-bond acceptors (Lipinski definition) is 3. The summed E-state index contributed by atoms with van der Waals surface area (Å²) in [5.74, 6) is 1.01. The Morgan fingerprint density at radius 3 is 3.07 bits per heavy atom. The number of aromatic nitrogens is 1. The maximum Gasteiger partial charge on any atom is 0.150 e. The van der Waals surface area contributed by atoms with Crippen LogP contribution in [0.5, 0.6) is 0 Å². The first-order valence-corrected chi connectivity index (χ1v) is 5.96. The van der Waals surface area contributed by atoms with Gasteiger partial charge < -0.3 is 4.52 Å². The molecule has 1 aromatic rings. The van der Waals surface area contributed by atoms with Gasteiger partial charge in [-0.25, -0.2) is 0 Å². The van der Waals surface area contributed by atoms with Gasteiger partial charge in [0.15, 0.2) is 5.76 Å². The second kappa shape index (κ2) is 4.79. The molecule has 1 unspecified atom stereocenters. The van der Waals surface area contributed by atoms with Crippen molar-refractivity contribution >= 4 is 0 Å². The van der Waals surface area contributed by atoms with Crippen molar-refractivity contribution in [1.29, 1.82) is 0 Å². The highest BCUT2D eigenvalue weighted by atomic mass is 16.5. The van der Waals surface area contributed by atoms with Gasteiger partial charge >= 0.3 is 0 Å². The molecule has 2 heterocycles. The zero-order valence-corrected chi connectivity index (χ0v) is 9.70. The van der Waals surface area contributed by atoms with Crippen LogP contribution in [0.4, 0.5) is 0 Å². The summed E-state index contributed by atoms with van der Waals surface area (Å²) in [4.78, 5) is 2.53. The summed E-state index contributed by atoms with van der Waals surface area (Å²) in [7, 11) is 0. The highest BCUT2D eigenvalue weighted by Crippen LogP contribution is 2.21. The maximum absolute atomic E-state index is 5.27. The molecular formula is C12H20N2O. The summed E-state index contributed by atoms with van der Waals surface area (Å²) in [5.41, 5.74) is 0.982. The van der Waals surface area contributed by atoms with Gasteiger partial charge in [0.25, 0.3) is 0 Å². The molecule has 0 amide bonds. The van der Waals surface area contributed by atoms with E-state index in [1.54, 1.807) is 0 Å². The van der Waals surface area contributed by atoms with Gasteiger partial charge in [0.1, 0.15) is 0 Å². The molecule has 0 radical (unpaired) electrons. The smallest absolute Gasteiger partial charge is 0.150 e. The molecule has 0 bridgehead atoms. The lowest BCUT2D eigenvalue weighted by atomic mass is 10.00. The molecule has 2 rings (SSSR count). The van der Waals surface area contributed by atoms with Crippen LogP contribution < -0.4 is 0 Å². The molecule has 84 valence electrons. The molecule has 1 atom stereocenters. The fraction of sp³-hybridized carbons (Fsp3) is 0.750. The number of aryl methyl sites for hydroxylation is 1. The second-order valence-corrected chi connectivity index (χ2v) is 4.46. The van der Waals surface area contributed by atoms with Crippen LogP contribution in [0.15, 0.2) is 10.6 Å². The molecule has 1 aliphatic rings. The van der Waals surface area contributed by atoms with Crippen LogP contribution in [0, 0.1) is 6.92 Å². The average Bonchev–Trinajstić information content (AvgIpc) is 2.65. The van der Waals surface area contributed by atoms with Crippen LogP contribution in [0.25, 0.3) is 0 Å². The van der Waals surface area contributed by atoms with E-state index in [0.29, 0.717) is 0 Å². The van der Waals surface area contributed by atoms with Crippen molar-refractivity contribution in [2.45, 2.75) is 52.1 Å². The van der Waals surface area contributed by atoms with Crippen molar-refractivity contribution < 1.29 is 4.52 Å². The fourth-order valence-corrected chi connectivity index (χ4v) is 2.42. The lowest BCUT2D eigenvalue weighted by molar-refractivity contribution is 0.123. The summed E-state index contributed by atoms with van der Waals surface area (Å²) < 4.78 is 5.27. The third-order valence-electron chi connectivity index (χ3n) is 3.26. The summed E-state index contributed by atoms with van der Waals surface area (Å²) >= 11 is 0. The van der Waals surface area contributed by atoms with Crippen molar-refractivity contribution in [2.75, 3.05) is 6.54 Å². The molecular weight excluding hydrogens is 188 g/mol. The zero-order valence-electron chi connectivity index (χ0n) is 9.70. The van der Waals surface area contributed by atoms with Gasteiger partial charge in [-0.15, -0.1) is 0 Å². The predicted molar refractivity (Wildman–Crippen MR) is 59.6 cm³/mol. The summed E-state index contributed by atoms with van der Waals surface area (Å²) in [6.45, 7) is 6.38. The molecule has 0 aliphatic carbocycles. The largest absolute Gasteiger partial charge is 0.360 e. The minimum Gasteiger partial charge on any atom is -0.360 e. The Morgan fingerprint density at radius 2 is 2.40 bits per heavy atom. The Bertz CT molecular complexity index is 308. The van der Waals surface area contributed by atoms with Gasteiger partial charge in [0, 0.05) is 12.1 Å². The number of rotatable bonds is 3. The molecule has 1 saturated heterocycles. The minimum atomic E-state index is 0.740. The first kappa shape index (κ1) is 10.7. The monoisotopic (exact) mass is 208 g/mol. The van der Waals surface area contributed by atoms with E-state index in [1.165, 1.54) is 32.2 Å². The first-order valence-electron chi connectivity index (χ1n) is 5.96. The van der Waals surface area contributed by atoms with E-state index < -0.39 is 0 Å². The van der Waals surface area contributed by atoms with Crippen molar-refractivity contribution in [3.8, 4) is 0 Å². The standard InChI is InChI=1S/C12H20N2O/c1-3-11-6-4-5-7-14(11)9-12-8-10(2)13-15-12/h8,11H,3-7,9H2,1-2H3. The summed E-state index contributed by atoms with van der Waals surface area (Å²) in [6.07, 6.45) is 5.28. The van der Waals surface area contributed by atoms with E-state index in [0.717, 1.165) is 24.0 Å². The van der Waals surface area contributed by atoms with E-state index in [2.05, 4.69) is 17.0 Å². The zero-order chi connectivity index (χ0) is 10.7. The predicted octanol–water partition coefficient (Wildman–Crippen LogP) is 2.75. The van der Waals surface area contributed by atoms with Crippen LogP contribution in [0.2, 0.25) is 0 Å². The van der Waals surface area contributed by atoms with Crippen LogP contribution in [-0.4, -0.2) is 22.6 Å². The maximum atomic E-state index is 5.27. The quantitative estimate of drug-likeness (QED) is 0.765. The van der Waals surface area contributed by atoms with E-state index >= 15 is 0 Å². The highest BCUT2D eigenvalue weighted by Gasteiger charge is 2.21. The van der Waals surface area contributed by atoms with E-state index in [-0.39, 0.29) is 0 Å². The van der Waals surface area contributed by atoms with Crippen LogP contribution in [0.3, 0.4) is 0 Å². The van der Waals surface area contributed by atoms with E-state index in [4.69, 9.17) is 4.52 Å². The van der Waals surface area contributed by atoms with E-state index in [9.17, 15) is 0 Å². The van der Waals surface area contributed by atoms with Crippen LogP contribution in [-0.2, 0) is 6.54 Å². The molecule has 0 N–H and O–H groups in total. The topological polar surface area (TPSA) is 29.3 Å². The third-order valence-corrected chi connectivity index (χ3v) is 3.26. The molecule has 0 spiro atoms. The number of hydrogen-bond donors (Lipinski definition) is 0. The van der Waals surface area contributed by atoms with E-state index in [1.807, 2.05) is 13.0 Å². The van der Waals surface area contributed by atoms with Gasteiger partial charge in [0.2, 0.25) is 0 Å². The molecule has 15 heavy (non-hydrogen) atoms. The van der Waals surface area contributed by atoms with Gasteiger partial charge in [-0.1, -0.05) is 18.5 Å². The molecule has 1 aromatic heterocycles. The molecule has 0 aromatic carbocycles. The highest BCUT2D eigenvalue weighted by molar-refractivity contribution is 5.03. The molecule has 3 heteroatoms. The molecule has 3 nitrogen and oxygen atoms in total. The third kappa shape index (κ3) is 2.59. The fourth-order valence-electron chi connectivity index (χ4n) is 2.42. The second-order valence-electron chi connectivity index (χ2n) is 4.46. The summed E-state index contributed by atoms with van der Waals surface area (Å²) in [6, 6.07) is 2.78. The van der Waals surface area contributed by atoms with Crippen molar-refractivity contribution in [3.05, 3.63) is 17.5 Å². The lowest BCUT2D eigenvalue weighted by Crippen LogP contribution is -2.38. The number of likely N-dealkylation sites (tertiary alicyclic amines) is 1.